The molecule has 122 valence electrons. The van der Waals surface area contributed by atoms with Gasteiger partial charge in [-0.25, -0.2) is 4.98 Å². The molecule has 0 spiro atoms. The first-order chi connectivity index (χ1) is 10.1. The molecule has 1 N–H and O–H groups in total. The Morgan fingerprint density at radius 2 is 1.95 bits per heavy atom. The van der Waals surface area contributed by atoms with E-state index in [4.69, 9.17) is 4.98 Å². The molecule has 1 aromatic rings. The Balaban J connectivity index is 2.75. The number of nitrogens with zero attached hydrogens (tertiary/aromatic N) is 2. The molecule has 0 amide bonds. The van der Waals surface area contributed by atoms with Crippen LogP contribution in [0, 0.1) is 0 Å². The quantitative estimate of drug-likeness (QED) is 0.596. The molecule has 3 nitrogen and oxygen atoms in total. The molecular weight excluding hydrogens is 278 g/mol. The van der Waals surface area contributed by atoms with Crippen LogP contribution in [-0.2, 0) is 6.54 Å². The van der Waals surface area contributed by atoms with Gasteiger partial charge in [0, 0.05) is 25.0 Å². The molecule has 0 radical (unpaired) electrons. The SMILES string of the molecule is CCCCCN(C)c1nc(C(C)CC)c(CNCCC)s1. The minimum Gasteiger partial charge on any atom is -0.351 e. The minimum atomic E-state index is 0.553. The first kappa shape index (κ1) is 18.4. The van der Waals surface area contributed by atoms with E-state index < -0.39 is 0 Å². The highest BCUT2D eigenvalue weighted by molar-refractivity contribution is 7.15. The van der Waals surface area contributed by atoms with E-state index in [1.807, 2.05) is 11.3 Å². The van der Waals surface area contributed by atoms with Gasteiger partial charge in [-0.05, 0) is 31.7 Å². The second-order valence-electron chi connectivity index (χ2n) is 5.92. The van der Waals surface area contributed by atoms with E-state index in [0.717, 1.165) is 26.1 Å². The number of nitrogens with one attached hydrogen (secondary N) is 1. The van der Waals surface area contributed by atoms with Crippen molar-refractivity contribution in [2.24, 2.45) is 0 Å². The highest BCUT2D eigenvalue weighted by Gasteiger charge is 2.17. The average Bonchev–Trinajstić information content (AvgIpc) is 2.91. The van der Waals surface area contributed by atoms with Gasteiger partial charge in [-0.3, -0.25) is 0 Å². The van der Waals surface area contributed by atoms with Crippen LogP contribution in [0.15, 0.2) is 0 Å². The molecule has 0 fully saturated rings. The van der Waals surface area contributed by atoms with Crippen LogP contribution < -0.4 is 10.2 Å². The lowest BCUT2D eigenvalue weighted by molar-refractivity contribution is 0.654. The molecule has 0 aromatic carbocycles. The summed E-state index contributed by atoms with van der Waals surface area (Å²) < 4.78 is 0. The molecular formula is C17H33N3S. The molecule has 0 bridgehead atoms. The monoisotopic (exact) mass is 311 g/mol. The predicted octanol–water partition coefficient (Wildman–Crippen LogP) is 4.78. The Bertz CT molecular complexity index is 389. The van der Waals surface area contributed by atoms with E-state index in [9.17, 15) is 0 Å². The maximum Gasteiger partial charge on any atom is 0.185 e. The number of hydrogen-bond donors (Lipinski definition) is 1. The van der Waals surface area contributed by atoms with Crippen molar-refractivity contribution in [3.8, 4) is 0 Å². The first-order valence-corrected chi connectivity index (χ1v) is 9.37. The summed E-state index contributed by atoms with van der Waals surface area (Å²) in [5.41, 5.74) is 1.31. The van der Waals surface area contributed by atoms with Crippen molar-refractivity contribution < 1.29 is 0 Å². The van der Waals surface area contributed by atoms with Gasteiger partial charge in [-0.15, -0.1) is 11.3 Å². The molecule has 0 saturated heterocycles. The van der Waals surface area contributed by atoms with Gasteiger partial charge in [0.1, 0.15) is 0 Å². The standard InChI is InChI=1S/C17H33N3S/c1-6-9-10-12-20(5)17-19-16(14(4)8-3)15(21-17)13-18-11-7-2/h14,18H,6-13H2,1-5H3. The number of rotatable bonds is 11. The van der Waals surface area contributed by atoms with E-state index >= 15 is 0 Å². The van der Waals surface area contributed by atoms with Gasteiger partial charge >= 0.3 is 0 Å². The number of hydrogen-bond acceptors (Lipinski definition) is 4. The van der Waals surface area contributed by atoms with E-state index in [1.165, 1.54) is 41.4 Å². The predicted molar refractivity (Wildman–Crippen MR) is 95.6 cm³/mol. The molecule has 1 aromatic heterocycles. The lowest BCUT2D eigenvalue weighted by atomic mass is 10.0. The summed E-state index contributed by atoms with van der Waals surface area (Å²) in [6.45, 7) is 12.2. The van der Waals surface area contributed by atoms with Crippen LogP contribution in [0.5, 0.6) is 0 Å². The van der Waals surface area contributed by atoms with Gasteiger partial charge in [-0.1, -0.05) is 40.5 Å². The third-order valence-electron chi connectivity index (χ3n) is 3.93. The summed E-state index contributed by atoms with van der Waals surface area (Å²) in [6, 6.07) is 0. The van der Waals surface area contributed by atoms with Crippen LogP contribution in [0.1, 0.15) is 76.3 Å². The van der Waals surface area contributed by atoms with E-state index in [-0.39, 0.29) is 0 Å². The summed E-state index contributed by atoms with van der Waals surface area (Å²) in [5.74, 6) is 0.553. The van der Waals surface area contributed by atoms with Crippen LogP contribution in [0.2, 0.25) is 0 Å². The van der Waals surface area contributed by atoms with Crippen LogP contribution >= 0.6 is 11.3 Å². The van der Waals surface area contributed by atoms with E-state index in [1.54, 1.807) is 0 Å². The van der Waals surface area contributed by atoms with Crippen molar-refractivity contribution >= 4 is 16.5 Å². The summed E-state index contributed by atoms with van der Waals surface area (Å²) in [7, 11) is 2.18. The van der Waals surface area contributed by atoms with Gasteiger partial charge < -0.3 is 10.2 Å². The summed E-state index contributed by atoms with van der Waals surface area (Å²) >= 11 is 1.87. The van der Waals surface area contributed by atoms with Crippen molar-refractivity contribution in [2.45, 2.75) is 72.3 Å². The third kappa shape index (κ3) is 5.95. The van der Waals surface area contributed by atoms with Crippen molar-refractivity contribution in [3.05, 3.63) is 10.6 Å². The zero-order valence-corrected chi connectivity index (χ0v) is 15.4. The summed E-state index contributed by atoms with van der Waals surface area (Å²) in [4.78, 5) is 8.70. The lowest BCUT2D eigenvalue weighted by Gasteiger charge is -2.15. The van der Waals surface area contributed by atoms with Crippen LogP contribution in [0.25, 0.3) is 0 Å². The second kappa shape index (κ2) is 10.2. The molecule has 4 heteroatoms. The normalized spacial score (nSPS) is 12.6. The van der Waals surface area contributed by atoms with E-state index in [2.05, 4.69) is 45.0 Å². The van der Waals surface area contributed by atoms with Crippen LogP contribution in [-0.4, -0.2) is 25.1 Å². The molecule has 0 aliphatic rings. The third-order valence-corrected chi connectivity index (χ3v) is 5.12. The molecule has 0 saturated carbocycles. The molecule has 0 aliphatic heterocycles. The fourth-order valence-electron chi connectivity index (χ4n) is 2.29. The van der Waals surface area contributed by atoms with Gasteiger partial charge in [-0.2, -0.15) is 0 Å². The number of thiazole rings is 1. The molecule has 0 aliphatic carbocycles. The lowest BCUT2D eigenvalue weighted by Crippen LogP contribution is -2.18. The molecule has 1 atom stereocenters. The molecule has 1 heterocycles. The Morgan fingerprint density at radius 3 is 2.57 bits per heavy atom. The first-order valence-electron chi connectivity index (χ1n) is 8.55. The largest absolute Gasteiger partial charge is 0.351 e. The smallest absolute Gasteiger partial charge is 0.185 e. The number of aromatic nitrogens is 1. The zero-order valence-electron chi connectivity index (χ0n) is 14.5. The average molecular weight is 312 g/mol. The summed E-state index contributed by atoms with van der Waals surface area (Å²) in [5, 5.41) is 4.72. The molecule has 1 unspecified atom stereocenters. The van der Waals surface area contributed by atoms with Crippen LogP contribution in [0.3, 0.4) is 0 Å². The Hall–Kier alpha value is -0.610. The van der Waals surface area contributed by atoms with Gasteiger partial charge in [0.2, 0.25) is 0 Å². The van der Waals surface area contributed by atoms with Crippen LogP contribution in [0.4, 0.5) is 5.13 Å². The molecule has 1 rings (SSSR count). The van der Waals surface area contributed by atoms with Crippen molar-refractivity contribution in [3.63, 3.8) is 0 Å². The Kier molecular flexibility index (Phi) is 8.93. The van der Waals surface area contributed by atoms with E-state index in [0.29, 0.717) is 5.92 Å². The highest BCUT2D eigenvalue weighted by Crippen LogP contribution is 2.31. The maximum absolute atomic E-state index is 4.94. The minimum absolute atomic E-state index is 0.553. The topological polar surface area (TPSA) is 28.2 Å². The summed E-state index contributed by atoms with van der Waals surface area (Å²) in [6.07, 6.45) is 6.17. The van der Waals surface area contributed by atoms with Crippen molar-refractivity contribution in [1.29, 1.82) is 0 Å². The van der Waals surface area contributed by atoms with Gasteiger partial charge in [0.25, 0.3) is 0 Å². The second-order valence-corrected chi connectivity index (χ2v) is 6.98. The van der Waals surface area contributed by atoms with Gasteiger partial charge in [0.15, 0.2) is 5.13 Å². The Morgan fingerprint density at radius 1 is 1.19 bits per heavy atom. The fraction of sp³-hybridized carbons (Fsp3) is 0.824. The zero-order chi connectivity index (χ0) is 15.7. The number of anilines is 1. The maximum atomic E-state index is 4.94. The van der Waals surface area contributed by atoms with Crippen molar-refractivity contribution in [1.82, 2.24) is 10.3 Å². The fourth-order valence-corrected chi connectivity index (χ4v) is 3.43. The number of unbranched alkanes of at least 4 members (excludes halogenated alkanes) is 2. The van der Waals surface area contributed by atoms with Gasteiger partial charge in [0.05, 0.1) is 5.69 Å². The Labute approximate surface area is 135 Å². The highest BCUT2D eigenvalue weighted by atomic mass is 32.1. The van der Waals surface area contributed by atoms with Crippen molar-refractivity contribution in [2.75, 3.05) is 25.0 Å². The molecule has 21 heavy (non-hydrogen) atoms.